The lowest BCUT2D eigenvalue weighted by atomic mass is 9.92. The van der Waals surface area contributed by atoms with Gasteiger partial charge in [-0.15, -0.1) is 0 Å². The molecule has 0 spiro atoms. The standard InChI is InChI=1S/C12H22O2/c1-4-7-8-10(5-2)9-11(6-3)12(13)14/h6,10H,4-5,7-9H2,1-3H3,(H,13,14)/p-1/b11-6-. The number of hydrogen-bond donors (Lipinski definition) is 0. The number of allylic oxidation sites excluding steroid dienone is 1. The number of rotatable bonds is 7. The summed E-state index contributed by atoms with van der Waals surface area (Å²) in [6.07, 6.45) is 6.84. The third-order valence-electron chi connectivity index (χ3n) is 2.66. The number of unbranched alkanes of at least 4 members (excludes halogenated alkanes) is 1. The summed E-state index contributed by atoms with van der Waals surface area (Å²) in [7, 11) is 0. The first kappa shape index (κ1) is 13.2. The van der Waals surface area contributed by atoms with Crippen LogP contribution < -0.4 is 5.11 Å². The maximum Gasteiger partial charge on any atom is 0.0671 e. The van der Waals surface area contributed by atoms with Crippen LogP contribution in [0.1, 0.15) is 52.9 Å². The molecule has 0 fully saturated rings. The highest BCUT2D eigenvalue weighted by atomic mass is 16.4. The second kappa shape index (κ2) is 7.60. The van der Waals surface area contributed by atoms with E-state index < -0.39 is 5.97 Å². The molecule has 2 nitrogen and oxygen atoms in total. The van der Waals surface area contributed by atoms with Gasteiger partial charge in [-0.3, -0.25) is 0 Å². The Labute approximate surface area is 87.0 Å². The number of carbonyl (C=O) groups excluding carboxylic acids is 1. The number of hydrogen-bond acceptors (Lipinski definition) is 2. The van der Waals surface area contributed by atoms with Gasteiger partial charge in [0.1, 0.15) is 0 Å². The van der Waals surface area contributed by atoms with Gasteiger partial charge in [0.2, 0.25) is 0 Å². The van der Waals surface area contributed by atoms with E-state index in [1.807, 2.05) is 0 Å². The van der Waals surface area contributed by atoms with Crippen LogP contribution >= 0.6 is 0 Å². The van der Waals surface area contributed by atoms with E-state index in [1.165, 1.54) is 12.8 Å². The lowest BCUT2D eigenvalue weighted by Crippen LogP contribution is -2.25. The molecule has 0 amide bonds. The van der Waals surface area contributed by atoms with Gasteiger partial charge in [0.25, 0.3) is 0 Å². The third kappa shape index (κ3) is 5.05. The molecule has 0 aromatic rings. The first-order valence-corrected chi connectivity index (χ1v) is 5.52. The molecule has 0 saturated carbocycles. The van der Waals surface area contributed by atoms with Crippen LogP contribution in [0, 0.1) is 5.92 Å². The molecule has 0 aliphatic heterocycles. The molecule has 0 bridgehead atoms. The Morgan fingerprint density at radius 2 is 2.07 bits per heavy atom. The van der Waals surface area contributed by atoms with E-state index in [-0.39, 0.29) is 0 Å². The predicted octanol–water partition coefficient (Wildman–Crippen LogP) is 2.29. The van der Waals surface area contributed by atoms with Crippen molar-refractivity contribution < 1.29 is 9.90 Å². The fraction of sp³-hybridized carbons (Fsp3) is 0.750. The maximum absolute atomic E-state index is 10.7. The first-order chi connectivity index (χ1) is 6.65. The number of aliphatic carboxylic acids is 1. The molecule has 14 heavy (non-hydrogen) atoms. The van der Waals surface area contributed by atoms with Crippen LogP contribution in [-0.2, 0) is 4.79 Å². The molecule has 0 aliphatic rings. The van der Waals surface area contributed by atoms with Crippen LogP contribution in [0.15, 0.2) is 11.6 Å². The zero-order valence-corrected chi connectivity index (χ0v) is 9.51. The zero-order valence-electron chi connectivity index (χ0n) is 9.51. The van der Waals surface area contributed by atoms with Crippen LogP contribution in [0.4, 0.5) is 0 Å². The van der Waals surface area contributed by atoms with E-state index in [1.54, 1.807) is 13.0 Å². The van der Waals surface area contributed by atoms with E-state index in [0.29, 0.717) is 17.9 Å². The van der Waals surface area contributed by atoms with E-state index in [2.05, 4.69) is 13.8 Å². The van der Waals surface area contributed by atoms with Gasteiger partial charge in [-0.1, -0.05) is 45.6 Å². The largest absolute Gasteiger partial charge is 0.545 e. The molecule has 0 aliphatic carbocycles. The summed E-state index contributed by atoms with van der Waals surface area (Å²) in [6.45, 7) is 6.03. The molecule has 2 heteroatoms. The average molecular weight is 197 g/mol. The fourth-order valence-electron chi connectivity index (χ4n) is 1.57. The fourth-order valence-corrected chi connectivity index (χ4v) is 1.57. The minimum absolute atomic E-state index is 0.452. The van der Waals surface area contributed by atoms with Crippen LogP contribution in [0.25, 0.3) is 0 Å². The molecule has 0 aromatic heterocycles. The highest BCUT2D eigenvalue weighted by molar-refractivity contribution is 5.84. The van der Waals surface area contributed by atoms with Crippen LogP contribution in [-0.4, -0.2) is 5.97 Å². The van der Waals surface area contributed by atoms with Gasteiger partial charge in [0.15, 0.2) is 0 Å². The second-order valence-corrected chi connectivity index (χ2v) is 3.72. The Bertz CT molecular complexity index is 194. The Kier molecular flexibility index (Phi) is 7.17. The van der Waals surface area contributed by atoms with Crippen molar-refractivity contribution in [3.05, 3.63) is 11.6 Å². The van der Waals surface area contributed by atoms with Gasteiger partial charge < -0.3 is 9.90 Å². The van der Waals surface area contributed by atoms with Gasteiger partial charge >= 0.3 is 0 Å². The van der Waals surface area contributed by atoms with E-state index in [0.717, 1.165) is 12.8 Å². The molecular formula is C12H21O2-. The van der Waals surface area contributed by atoms with Gasteiger partial charge in [0.05, 0.1) is 5.97 Å². The summed E-state index contributed by atoms with van der Waals surface area (Å²) < 4.78 is 0. The van der Waals surface area contributed by atoms with Crippen molar-refractivity contribution in [2.75, 3.05) is 0 Å². The Morgan fingerprint density at radius 3 is 2.43 bits per heavy atom. The molecule has 0 saturated heterocycles. The van der Waals surface area contributed by atoms with Crippen molar-refractivity contribution in [3.8, 4) is 0 Å². The van der Waals surface area contributed by atoms with E-state index >= 15 is 0 Å². The molecule has 0 N–H and O–H groups in total. The molecule has 1 atom stereocenters. The van der Waals surface area contributed by atoms with Gasteiger partial charge in [-0.2, -0.15) is 0 Å². The lowest BCUT2D eigenvalue weighted by Gasteiger charge is -2.17. The van der Waals surface area contributed by atoms with E-state index in [4.69, 9.17) is 0 Å². The molecule has 0 aromatic carbocycles. The van der Waals surface area contributed by atoms with E-state index in [9.17, 15) is 9.90 Å². The summed E-state index contributed by atoms with van der Waals surface area (Å²) >= 11 is 0. The average Bonchev–Trinajstić information content (AvgIpc) is 2.18. The Balaban J connectivity index is 4.08. The van der Waals surface area contributed by atoms with Crippen LogP contribution in [0.2, 0.25) is 0 Å². The van der Waals surface area contributed by atoms with Crippen molar-refractivity contribution in [1.29, 1.82) is 0 Å². The van der Waals surface area contributed by atoms with Crippen LogP contribution in [0.5, 0.6) is 0 Å². The quantitative estimate of drug-likeness (QED) is 0.587. The highest BCUT2D eigenvalue weighted by Gasteiger charge is 2.08. The number of carbonyl (C=O) groups is 1. The first-order valence-electron chi connectivity index (χ1n) is 5.52. The molecule has 0 rings (SSSR count). The Hall–Kier alpha value is -0.790. The van der Waals surface area contributed by atoms with Crippen molar-refractivity contribution in [2.45, 2.75) is 52.9 Å². The molecule has 0 radical (unpaired) electrons. The third-order valence-corrected chi connectivity index (χ3v) is 2.66. The van der Waals surface area contributed by atoms with Crippen molar-refractivity contribution >= 4 is 5.97 Å². The summed E-state index contributed by atoms with van der Waals surface area (Å²) in [4.78, 5) is 10.7. The topological polar surface area (TPSA) is 40.1 Å². The second-order valence-electron chi connectivity index (χ2n) is 3.72. The summed E-state index contributed by atoms with van der Waals surface area (Å²) in [5, 5.41) is 10.7. The van der Waals surface area contributed by atoms with Crippen molar-refractivity contribution in [2.24, 2.45) is 5.92 Å². The minimum atomic E-state index is -1.01. The van der Waals surface area contributed by atoms with Gasteiger partial charge in [-0.05, 0) is 24.8 Å². The monoisotopic (exact) mass is 197 g/mol. The van der Waals surface area contributed by atoms with Crippen LogP contribution in [0.3, 0.4) is 0 Å². The summed E-state index contributed by atoms with van der Waals surface area (Å²) in [5.74, 6) is -0.513. The molecular weight excluding hydrogens is 176 g/mol. The van der Waals surface area contributed by atoms with Gasteiger partial charge in [-0.25, -0.2) is 0 Å². The summed E-state index contributed by atoms with van der Waals surface area (Å²) in [6, 6.07) is 0. The molecule has 0 heterocycles. The molecule has 82 valence electrons. The number of carboxylic acid groups (broad SMARTS) is 1. The highest BCUT2D eigenvalue weighted by Crippen LogP contribution is 2.20. The Morgan fingerprint density at radius 1 is 1.43 bits per heavy atom. The smallest absolute Gasteiger partial charge is 0.0671 e. The van der Waals surface area contributed by atoms with Crippen molar-refractivity contribution in [3.63, 3.8) is 0 Å². The normalized spacial score (nSPS) is 14.1. The summed E-state index contributed by atoms with van der Waals surface area (Å²) in [5.41, 5.74) is 0.452. The van der Waals surface area contributed by atoms with Crippen molar-refractivity contribution in [1.82, 2.24) is 0 Å². The molecule has 1 unspecified atom stereocenters. The number of carboxylic acids is 1. The lowest BCUT2D eigenvalue weighted by molar-refractivity contribution is -0.299. The predicted molar refractivity (Wildman–Crippen MR) is 56.7 cm³/mol. The SMILES string of the molecule is C/C=C(/CC(CC)CCCC)C(=O)[O-]. The van der Waals surface area contributed by atoms with Gasteiger partial charge in [0, 0.05) is 0 Å². The zero-order chi connectivity index (χ0) is 11.0. The minimum Gasteiger partial charge on any atom is -0.545 e. The maximum atomic E-state index is 10.7.